The SMILES string of the molecule is COC(=O)c1cccc(OCCSc2nc3ccccc3c(=O)n2CCCOC(C)C)c1. The van der Waals surface area contributed by atoms with Crippen LogP contribution < -0.4 is 10.3 Å². The molecule has 0 aliphatic carbocycles. The molecule has 8 heteroatoms. The summed E-state index contributed by atoms with van der Waals surface area (Å²) in [4.78, 5) is 29.4. The number of nitrogens with zero attached hydrogens (tertiary/aromatic N) is 2. The number of hydrogen-bond donors (Lipinski definition) is 0. The first-order chi connectivity index (χ1) is 15.5. The van der Waals surface area contributed by atoms with E-state index in [1.165, 1.54) is 18.9 Å². The molecule has 0 fully saturated rings. The summed E-state index contributed by atoms with van der Waals surface area (Å²) in [5.74, 6) is 0.772. The maximum atomic E-state index is 13.1. The van der Waals surface area contributed by atoms with E-state index in [1.54, 1.807) is 34.9 Å². The first-order valence-electron chi connectivity index (χ1n) is 10.5. The molecule has 3 rings (SSSR count). The summed E-state index contributed by atoms with van der Waals surface area (Å²) in [6.45, 7) is 5.50. The van der Waals surface area contributed by atoms with E-state index in [4.69, 9.17) is 19.2 Å². The van der Waals surface area contributed by atoms with Crippen LogP contribution in [0.2, 0.25) is 0 Å². The highest BCUT2D eigenvalue weighted by atomic mass is 32.2. The number of fused-ring (bicyclic) bond motifs is 1. The molecule has 0 aliphatic rings. The number of rotatable bonds is 11. The number of carbonyl (C=O) groups excluding carboxylic acids is 1. The van der Waals surface area contributed by atoms with Gasteiger partial charge in [-0.15, -0.1) is 0 Å². The molecular formula is C24H28N2O5S. The quantitative estimate of drug-likeness (QED) is 0.185. The van der Waals surface area contributed by atoms with Crippen molar-refractivity contribution in [2.75, 3.05) is 26.1 Å². The Balaban J connectivity index is 1.68. The minimum atomic E-state index is -0.407. The monoisotopic (exact) mass is 456 g/mol. The van der Waals surface area contributed by atoms with Gasteiger partial charge in [-0.05, 0) is 50.6 Å². The Morgan fingerprint density at radius 1 is 1.12 bits per heavy atom. The molecule has 0 bridgehead atoms. The molecule has 0 spiro atoms. The zero-order valence-corrected chi connectivity index (χ0v) is 19.4. The van der Waals surface area contributed by atoms with Crippen LogP contribution in [0.4, 0.5) is 0 Å². The summed E-state index contributed by atoms with van der Waals surface area (Å²) in [6.07, 6.45) is 0.882. The number of methoxy groups -OCH3 is 1. The molecule has 0 saturated heterocycles. The summed E-state index contributed by atoms with van der Waals surface area (Å²) in [5, 5.41) is 1.27. The Bertz CT molecular complexity index is 1110. The third-order valence-electron chi connectivity index (χ3n) is 4.64. The van der Waals surface area contributed by atoms with E-state index < -0.39 is 5.97 Å². The van der Waals surface area contributed by atoms with Crippen molar-refractivity contribution in [1.82, 2.24) is 9.55 Å². The molecule has 170 valence electrons. The molecule has 0 aliphatic heterocycles. The van der Waals surface area contributed by atoms with Crippen molar-refractivity contribution in [2.24, 2.45) is 0 Å². The van der Waals surface area contributed by atoms with Gasteiger partial charge in [0.05, 0.1) is 36.3 Å². The zero-order valence-electron chi connectivity index (χ0n) is 18.6. The van der Waals surface area contributed by atoms with Crippen LogP contribution in [0.1, 0.15) is 30.6 Å². The van der Waals surface area contributed by atoms with E-state index in [1.807, 2.05) is 32.0 Å². The van der Waals surface area contributed by atoms with Crippen LogP contribution in [0.15, 0.2) is 58.5 Å². The van der Waals surface area contributed by atoms with E-state index in [0.29, 0.717) is 52.9 Å². The molecule has 3 aromatic rings. The summed E-state index contributed by atoms with van der Waals surface area (Å²) in [7, 11) is 1.34. The van der Waals surface area contributed by atoms with Crippen LogP contribution in [0.5, 0.6) is 5.75 Å². The Kier molecular flexibility index (Phi) is 8.70. The van der Waals surface area contributed by atoms with Crippen molar-refractivity contribution in [3.05, 3.63) is 64.4 Å². The van der Waals surface area contributed by atoms with Gasteiger partial charge in [0.2, 0.25) is 0 Å². The average molecular weight is 457 g/mol. The third kappa shape index (κ3) is 6.34. The molecular weight excluding hydrogens is 428 g/mol. The molecule has 2 aromatic carbocycles. The second-order valence-corrected chi connectivity index (χ2v) is 8.42. The molecule has 1 aromatic heterocycles. The molecule has 0 unspecified atom stereocenters. The zero-order chi connectivity index (χ0) is 22.9. The number of ether oxygens (including phenoxy) is 3. The summed E-state index contributed by atoms with van der Waals surface area (Å²) < 4.78 is 17.9. The first-order valence-corrected chi connectivity index (χ1v) is 11.5. The largest absolute Gasteiger partial charge is 0.493 e. The van der Waals surface area contributed by atoms with Crippen molar-refractivity contribution in [3.63, 3.8) is 0 Å². The van der Waals surface area contributed by atoms with Gasteiger partial charge in [0.15, 0.2) is 5.16 Å². The van der Waals surface area contributed by atoms with Crippen LogP contribution in [-0.4, -0.2) is 47.7 Å². The summed E-state index contributed by atoms with van der Waals surface area (Å²) in [6, 6.07) is 14.2. The standard InChI is InChI=1S/C24H28N2O5S/c1-17(2)30-13-7-12-26-22(27)20-10-4-5-11-21(20)25-24(26)32-15-14-31-19-9-6-8-18(16-19)23(28)29-3/h4-6,8-11,16-17H,7,12-15H2,1-3H3. The Morgan fingerprint density at radius 2 is 1.94 bits per heavy atom. The van der Waals surface area contributed by atoms with E-state index in [2.05, 4.69) is 0 Å². The maximum Gasteiger partial charge on any atom is 0.337 e. The van der Waals surface area contributed by atoms with Gasteiger partial charge in [-0.2, -0.15) is 0 Å². The fourth-order valence-electron chi connectivity index (χ4n) is 3.12. The first kappa shape index (κ1) is 23.8. The lowest BCUT2D eigenvalue weighted by Crippen LogP contribution is -2.24. The van der Waals surface area contributed by atoms with Gasteiger partial charge < -0.3 is 14.2 Å². The average Bonchev–Trinajstić information content (AvgIpc) is 2.80. The minimum absolute atomic E-state index is 0.0469. The molecule has 1 heterocycles. The van der Waals surface area contributed by atoms with Gasteiger partial charge in [0.1, 0.15) is 5.75 Å². The molecule has 32 heavy (non-hydrogen) atoms. The van der Waals surface area contributed by atoms with E-state index in [9.17, 15) is 9.59 Å². The predicted octanol–water partition coefficient (Wildman–Crippen LogP) is 4.17. The van der Waals surface area contributed by atoms with E-state index in [-0.39, 0.29) is 11.7 Å². The fourth-order valence-corrected chi connectivity index (χ4v) is 3.96. The predicted molar refractivity (Wildman–Crippen MR) is 126 cm³/mol. The Labute approximate surface area is 191 Å². The number of esters is 1. The van der Waals surface area contributed by atoms with Crippen molar-refractivity contribution >= 4 is 28.6 Å². The number of carbonyl (C=O) groups is 1. The Hall–Kier alpha value is -2.84. The van der Waals surface area contributed by atoms with Gasteiger partial charge in [0.25, 0.3) is 5.56 Å². The van der Waals surface area contributed by atoms with Crippen molar-refractivity contribution < 1.29 is 19.0 Å². The second kappa shape index (κ2) is 11.7. The number of thioether (sulfide) groups is 1. The summed E-state index contributed by atoms with van der Waals surface area (Å²) in [5.41, 5.74) is 1.07. The van der Waals surface area contributed by atoms with Crippen LogP contribution in [0.25, 0.3) is 10.9 Å². The maximum absolute atomic E-state index is 13.1. The van der Waals surface area contributed by atoms with E-state index in [0.717, 1.165) is 6.42 Å². The lowest BCUT2D eigenvalue weighted by molar-refractivity contribution is 0.0600. The number of para-hydroxylation sites is 1. The van der Waals surface area contributed by atoms with Gasteiger partial charge in [-0.25, -0.2) is 9.78 Å². The highest BCUT2D eigenvalue weighted by Crippen LogP contribution is 2.19. The van der Waals surface area contributed by atoms with Crippen LogP contribution in [0.3, 0.4) is 0 Å². The summed E-state index contributed by atoms with van der Waals surface area (Å²) >= 11 is 1.47. The van der Waals surface area contributed by atoms with Crippen molar-refractivity contribution in [1.29, 1.82) is 0 Å². The third-order valence-corrected chi connectivity index (χ3v) is 5.58. The molecule has 0 atom stereocenters. The van der Waals surface area contributed by atoms with E-state index >= 15 is 0 Å². The smallest absolute Gasteiger partial charge is 0.337 e. The van der Waals surface area contributed by atoms with Gasteiger partial charge in [-0.3, -0.25) is 9.36 Å². The lowest BCUT2D eigenvalue weighted by Gasteiger charge is -2.14. The fraction of sp³-hybridized carbons (Fsp3) is 0.375. The second-order valence-electron chi connectivity index (χ2n) is 7.36. The van der Waals surface area contributed by atoms with Crippen LogP contribution in [-0.2, 0) is 16.0 Å². The van der Waals surface area contributed by atoms with Crippen LogP contribution in [0, 0.1) is 0 Å². The highest BCUT2D eigenvalue weighted by molar-refractivity contribution is 7.99. The number of aromatic nitrogens is 2. The number of hydrogen-bond acceptors (Lipinski definition) is 7. The molecule has 7 nitrogen and oxygen atoms in total. The van der Waals surface area contributed by atoms with Gasteiger partial charge in [0, 0.05) is 18.9 Å². The molecule has 0 radical (unpaired) electrons. The minimum Gasteiger partial charge on any atom is -0.493 e. The molecule has 0 amide bonds. The lowest BCUT2D eigenvalue weighted by atomic mass is 10.2. The van der Waals surface area contributed by atoms with Gasteiger partial charge in [-0.1, -0.05) is 30.0 Å². The van der Waals surface area contributed by atoms with Crippen molar-refractivity contribution in [2.45, 2.75) is 38.1 Å². The normalized spacial score (nSPS) is 11.1. The van der Waals surface area contributed by atoms with Crippen LogP contribution >= 0.6 is 11.8 Å². The van der Waals surface area contributed by atoms with Crippen molar-refractivity contribution in [3.8, 4) is 5.75 Å². The Morgan fingerprint density at radius 3 is 2.72 bits per heavy atom. The molecule has 0 saturated carbocycles. The topological polar surface area (TPSA) is 79.7 Å². The number of benzene rings is 2. The highest BCUT2D eigenvalue weighted by Gasteiger charge is 2.12. The van der Waals surface area contributed by atoms with Gasteiger partial charge >= 0.3 is 5.97 Å². The molecule has 0 N–H and O–H groups in total.